The van der Waals surface area contributed by atoms with Crippen molar-refractivity contribution < 1.29 is 9.53 Å². The van der Waals surface area contributed by atoms with E-state index in [0.29, 0.717) is 11.0 Å². The van der Waals surface area contributed by atoms with Crippen LogP contribution >= 0.6 is 23.1 Å². The average molecular weight is 485 g/mol. The minimum atomic E-state index is -0.135. The highest BCUT2D eigenvalue weighted by molar-refractivity contribution is 8.00. The first-order chi connectivity index (χ1) is 16.7. The summed E-state index contributed by atoms with van der Waals surface area (Å²) in [6, 6.07) is 25.4. The van der Waals surface area contributed by atoms with Crippen LogP contribution in [-0.4, -0.2) is 33.7 Å². The van der Waals surface area contributed by atoms with E-state index in [1.165, 1.54) is 23.1 Å². The Morgan fingerprint density at radius 2 is 1.68 bits per heavy atom. The molecule has 0 aliphatic rings. The molecule has 0 radical (unpaired) electrons. The van der Waals surface area contributed by atoms with Gasteiger partial charge in [-0.1, -0.05) is 60.3 Å². The van der Waals surface area contributed by atoms with Gasteiger partial charge in [0.1, 0.15) is 10.8 Å². The van der Waals surface area contributed by atoms with Crippen LogP contribution in [0.1, 0.15) is 0 Å². The highest BCUT2D eigenvalue weighted by Gasteiger charge is 2.13. The van der Waals surface area contributed by atoms with Crippen LogP contribution in [0.25, 0.3) is 33.5 Å². The van der Waals surface area contributed by atoms with Crippen LogP contribution in [0, 0.1) is 0 Å². The summed E-state index contributed by atoms with van der Waals surface area (Å²) in [5.74, 6) is 1.51. The second-order valence-electron chi connectivity index (χ2n) is 7.34. The third kappa shape index (κ3) is 4.93. The molecular formula is C26H20N4O2S2. The van der Waals surface area contributed by atoms with E-state index in [2.05, 4.69) is 10.3 Å². The molecule has 0 atom stereocenters. The molecule has 2 aromatic heterocycles. The monoisotopic (exact) mass is 484 g/mol. The standard InChI is InChI=1S/C26H20N4O2S2/c1-32-19-13-11-17(12-14-19)22-15-34-26(28-22)29-23(31)16-33-25-20-9-5-6-10-21(20)27-24(30-25)18-7-3-2-4-8-18/h2-15H,16H2,1H3,(H,28,29,31). The number of nitrogens with one attached hydrogen (secondary N) is 1. The third-order valence-corrected chi connectivity index (χ3v) is 6.83. The lowest BCUT2D eigenvalue weighted by Gasteiger charge is -2.08. The average Bonchev–Trinajstić information content (AvgIpc) is 3.36. The number of carbonyl (C=O) groups is 1. The zero-order chi connectivity index (χ0) is 23.3. The van der Waals surface area contributed by atoms with Crippen molar-refractivity contribution in [3.05, 3.63) is 84.2 Å². The number of benzene rings is 3. The van der Waals surface area contributed by atoms with E-state index in [-0.39, 0.29) is 11.7 Å². The number of thioether (sulfide) groups is 1. The zero-order valence-electron chi connectivity index (χ0n) is 18.3. The number of rotatable bonds is 7. The maximum atomic E-state index is 12.7. The smallest absolute Gasteiger partial charge is 0.236 e. The molecule has 8 heteroatoms. The molecule has 0 saturated heterocycles. The molecule has 0 fully saturated rings. The largest absolute Gasteiger partial charge is 0.497 e. The lowest BCUT2D eigenvalue weighted by molar-refractivity contribution is -0.113. The van der Waals surface area contributed by atoms with Gasteiger partial charge in [-0.25, -0.2) is 15.0 Å². The normalized spacial score (nSPS) is 10.9. The Morgan fingerprint density at radius 3 is 2.47 bits per heavy atom. The van der Waals surface area contributed by atoms with Gasteiger partial charge in [0.15, 0.2) is 11.0 Å². The lowest BCUT2D eigenvalue weighted by atomic mass is 10.2. The van der Waals surface area contributed by atoms with Crippen molar-refractivity contribution in [2.45, 2.75) is 5.03 Å². The van der Waals surface area contributed by atoms with Crippen LogP contribution < -0.4 is 10.1 Å². The first-order valence-electron chi connectivity index (χ1n) is 10.5. The Bertz CT molecular complexity index is 1440. The summed E-state index contributed by atoms with van der Waals surface area (Å²) < 4.78 is 5.20. The van der Waals surface area contributed by atoms with E-state index in [1.807, 2.05) is 84.2 Å². The van der Waals surface area contributed by atoms with Gasteiger partial charge < -0.3 is 10.1 Å². The predicted molar refractivity (Wildman–Crippen MR) is 138 cm³/mol. The van der Waals surface area contributed by atoms with Gasteiger partial charge in [0.25, 0.3) is 0 Å². The Morgan fingerprint density at radius 1 is 0.912 bits per heavy atom. The van der Waals surface area contributed by atoms with Crippen LogP contribution in [-0.2, 0) is 4.79 Å². The van der Waals surface area contributed by atoms with Gasteiger partial charge in [0, 0.05) is 21.9 Å². The summed E-state index contributed by atoms with van der Waals surface area (Å²) in [7, 11) is 1.64. The Hall–Kier alpha value is -3.75. The number of para-hydroxylation sites is 1. The highest BCUT2D eigenvalue weighted by atomic mass is 32.2. The molecule has 0 saturated carbocycles. The topological polar surface area (TPSA) is 77.0 Å². The molecule has 0 unspecified atom stereocenters. The second-order valence-corrected chi connectivity index (χ2v) is 9.16. The van der Waals surface area contributed by atoms with E-state index in [1.54, 1.807) is 7.11 Å². The maximum absolute atomic E-state index is 12.7. The third-order valence-electron chi connectivity index (χ3n) is 5.08. The number of aromatic nitrogens is 3. The van der Waals surface area contributed by atoms with Crippen molar-refractivity contribution in [1.29, 1.82) is 0 Å². The summed E-state index contributed by atoms with van der Waals surface area (Å²) in [6.45, 7) is 0. The van der Waals surface area contributed by atoms with Crippen molar-refractivity contribution >= 4 is 45.0 Å². The quantitative estimate of drug-likeness (QED) is 0.220. The molecule has 0 bridgehead atoms. The van der Waals surface area contributed by atoms with Crippen molar-refractivity contribution in [2.24, 2.45) is 0 Å². The SMILES string of the molecule is COc1ccc(-c2csc(NC(=O)CSc3nc(-c4ccccc4)nc4ccccc34)n2)cc1. The van der Waals surface area contributed by atoms with Gasteiger partial charge in [-0.15, -0.1) is 11.3 Å². The van der Waals surface area contributed by atoms with E-state index < -0.39 is 0 Å². The summed E-state index contributed by atoms with van der Waals surface area (Å²) in [4.78, 5) is 26.7. The molecule has 3 aromatic carbocycles. The molecular weight excluding hydrogens is 464 g/mol. The maximum Gasteiger partial charge on any atom is 0.236 e. The van der Waals surface area contributed by atoms with E-state index in [9.17, 15) is 4.79 Å². The molecule has 34 heavy (non-hydrogen) atoms. The molecule has 5 rings (SSSR count). The van der Waals surface area contributed by atoms with Gasteiger partial charge in [-0.05, 0) is 30.3 Å². The molecule has 1 N–H and O–H groups in total. The molecule has 0 aliphatic heterocycles. The molecule has 5 aromatic rings. The number of hydrogen-bond acceptors (Lipinski definition) is 7. The number of ether oxygens (including phenoxy) is 1. The van der Waals surface area contributed by atoms with E-state index in [4.69, 9.17) is 14.7 Å². The molecule has 2 heterocycles. The van der Waals surface area contributed by atoms with Gasteiger partial charge >= 0.3 is 0 Å². The Labute approximate surface area is 205 Å². The summed E-state index contributed by atoms with van der Waals surface area (Å²) in [6.07, 6.45) is 0. The number of amides is 1. The highest BCUT2D eigenvalue weighted by Crippen LogP contribution is 2.29. The van der Waals surface area contributed by atoms with Crippen LogP contribution in [0.15, 0.2) is 89.3 Å². The number of methoxy groups -OCH3 is 1. The number of carbonyl (C=O) groups excluding carboxylic acids is 1. The number of fused-ring (bicyclic) bond motifs is 1. The van der Waals surface area contributed by atoms with Gasteiger partial charge in [-0.3, -0.25) is 4.79 Å². The zero-order valence-corrected chi connectivity index (χ0v) is 19.9. The molecule has 0 spiro atoms. The molecule has 0 aliphatic carbocycles. The molecule has 1 amide bonds. The van der Waals surface area contributed by atoms with Crippen molar-refractivity contribution in [2.75, 3.05) is 18.2 Å². The van der Waals surface area contributed by atoms with Crippen molar-refractivity contribution in [3.8, 4) is 28.4 Å². The first-order valence-corrected chi connectivity index (χ1v) is 12.4. The number of hydrogen-bond donors (Lipinski definition) is 1. The van der Waals surface area contributed by atoms with E-state index in [0.717, 1.165) is 38.5 Å². The van der Waals surface area contributed by atoms with Crippen LogP contribution in [0.3, 0.4) is 0 Å². The Kier molecular flexibility index (Phi) is 6.51. The summed E-state index contributed by atoms with van der Waals surface area (Å²) >= 11 is 2.79. The number of anilines is 1. The minimum Gasteiger partial charge on any atom is -0.497 e. The Balaban J connectivity index is 1.30. The minimum absolute atomic E-state index is 0.135. The first kappa shape index (κ1) is 22.1. The van der Waals surface area contributed by atoms with E-state index >= 15 is 0 Å². The van der Waals surface area contributed by atoms with Gasteiger partial charge in [0.2, 0.25) is 5.91 Å². The van der Waals surface area contributed by atoms with Crippen molar-refractivity contribution in [3.63, 3.8) is 0 Å². The fourth-order valence-electron chi connectivity index (χ4n) is 3.39. The summed E-state index contributed by atoms with van der Waals surface area (Å²) in [5, 5.41) is 7.09. The van der Waals surface area contributed by atoms with Gasteiger partial charge in [0.05, 0.1) is 24.1 Å². The predicted octanol–water partition coefficient (Wildman–Crippen LogP) is 6.16. The van der Waals surface area contributed by atoms with Crippen LogP contribution in [0.4, 0.5) is 5.13 Å². The lowest BCUT2D eigenvalue weighted by Crippen LogP contribution is -2.14. The number of nitrogens with zero attached hydrogens (tertiary/aromatic N) is 3. The van der Waals surface area contributed by atoms with Crippen molar-refractivity contribution in [1.82, 2.24) is 15.0 Å². The second kappa shape index (κ2) is 10.0. The number of thiazole rings is 1. The van der Waals surface area contributed by atoms with Crippen LogP contribution in [0.5, 0.6) is 5.75 Å². The fourth-order valence-corrected chi connectivity index (χ4v) is 4.94. The summed E-state index contributed by atoms with van der Waals surface area (Å²) in [5.41, 5.74) is 3.56. The molecule has 6 nitrogen and oxygen atoms in total. The molecule has 168 valence electrons. The fraction of sp³-hybridized carbons (Fsp3) is 0.0769. The van der Waals surface area contributed by atoms with Crippen LogP contribution in [0.2, 0.25) is 0 Å². The van der Waals surface area contributed by atoms with Gasteiger partial charge in [-0.2, -0.15) is 0 Å².